The average Bonchev–Trinajstić information content (AvgIpc) is 2.94. The summed E-state index contributed by atoms with van der Waals surface area (Å²) in [5, 5.41) is 1.45. The summed E-state index contributed by atoms with van der Waals surface area (Å²) in [5.41, 5.74) is 1.89. The van der Waals surface area contributed by atoms with E-state index >= 15 is 0 Å². The first-order valence-electron chi connectivity index (χ1n) is 11.6. The lowest BCUT2D eigenvalue weighted by Crippen LogP contribution is -2.46. The van der Waals surface area contributed by atoms with Crippen LogP contribution in [-0.2, 0) is 0 Å². The van der Waals surface area contributed by atoms with Gasteiger partial charge >= 0.3 is 0 Å². The second-order valence-corrected chi connectivity index (χ2v) is 9.29. The fraction of sp³-hybridized carbons (Fsp3) is 0.138. The number of imide groups is 1. The Kier molecular flexibility index (Phi) is 6.67. The summed E-state index contributed by atoms with van der Waals surface area (Å²) in [7, 11) is 3.07. The summed E-state index contributed by atoms with van der Waals surface area (Å²) in [4.78, 5) is 43.4. The molecule has 7 nitrogen and oxygen atoms in total. The number of ether oxygens (including phenoxy) is 2. The molecule has 0 fully saturated rings. The zero-order valence-electron chi connectivity index (χ0n) is 20.2. The van der Waals surface area contributed by atoms with E-state index in [-0.39, 0.29) is 30.8 Å². The highest BCUT2D eigenvalue weighted by molar-refractivity contribution is 9.10. The fourth-order valence-corrected chi connectivity index (χ4v) is 5.05. The van der Waals surface area contributed by atoms with Gasteiger partial charge in [0.25, 0.3) is 17.7 Å². The maximum Gasteiger partial charge on any atom is 0.262 e. The minimum Gasteiger partial charge on any atom is -0.497 e. The smallest absolute Gasteiger partial charge is 0.262 e. The first-order valence-corrected chi connectivity index (χ1v) is 12.4. The lowest BCUT2D eigenvalue weighted by Gasteiger charge is -2.30. The normalized spacial score (nSPS) is 12.6. The molecule has 3 amide bonds. The SMILES string of the molecule is COc1ccc(N(CCN2C(=O)c3cccc4c(Br)ccc(c34)C2=O)C(=O)c2ccccc2OC)cc1. The van der Waals surface area contributed by atoms with Crippen LogP contribution in [0.15, 0.2) is 83.3 Å². The van der Waals surface area contributed by atoms with Gasteiger partial charge in [-0.1, -0.05) is 40.2 Å². The third-order valence-electron chi connectivity index (χ3n) is 6.45. The topological polar surface area (TPSA) is 76.2 Å². The lowest BCUT2D eigenvalue weighted by atomic mass is 9.94. The summed E-state index contributed by atoms with van der Waals surface area (Å²) >= 11 is 3.51. The Bertz CT molecular complexity index is 1510. The van der Waals surface area contributed by atoms with Crippen molar-refractivity contribution >= 4 is 50.1 Å². The predicted molar refractivity (Wildman–Crippen MR) is 145 cm³/mol. The Morgan fingerprint density at radius 2 is 1.54 bits per heavy atom. The van der Waals surface area contributed by atoms with Crippen LogP contribution >= 0.6 is 15.9 Å². The highest BCUT2D eigenvalue weighted by Crippen LogP contribution is 2.34. The summed E-state index contributed by atoms with van der Waals surface area (Å²) in [6.45, 7) is 0.0962. The number of benzene rings is 4. The summed E-state index contributed by atoms with van der Waals surface area (Å²) in [6, 6.07) is 22.9. The molecular formula is C29H23BrN2O5. The Morgan fingerprint density at radius 1 is 0.838 bits per heavy atom. The van der Waals surface area contributed by atoms with Gasteiger partial charge in [-0.2, -0.15) is 0 Å². The van der Waals surface area contributed by atoms with Crippen molar-refractivity contribution in [2.45, 2.75) is 0 Å². The maximum absolute atomic E-state index is 13.7. The number of hydrogen-bond acceptors (Lipinski definition) is 5. The molecule has 0 atom stereocenters. The molecule has 1 aliphatic rings. The number of carbonyl (C=O) groups is 3. The molecule has 0 unspecified atom stereocenters. The average molecular weight is 559 g/mol. The van der Waals surface area contributed by atoms with Crippen molar-refractivity contribution in [3.63, 3.8) is 0 Å². The molecule has 8 heteroatoms. The summed E-state index contributed by atoms with van der Waals surface area (Å²) in [6.07, 6.45) is 0. The molecule has 0 saturated heterocycles. The monoisotopic (exact) mass is 558 g/mol. The number of nitrogens with zero attached hydrogens (tertiary/aromatic N) is 2. The Hall–Kier alpha value is -4.17. The molecule has 37 heavy (non-hydrogen) atoms. The Labute approximate surface area is 222 Å². The van der Waals surface area contributed by atoms with E-state index in [0.29, 0.717) is 39.3 Å². The first-order chi connectivity index (χ1) is 17.9. The van der Waals surface area contributed by atoms with E-state index in [9.17, 15) is 14.4 Å². The first kappa shape index (κ1) is 24.5. The lowest BCUT2D eigenvalue weighted by molar-refractivity contribution is 0.0611. The van der Waals surface area contributed by atoms with Crippen LogP contribution in [-0.4, -0.2) is 49.9 Å². The number of para-hydroxylation sites is 1. The second-order valence-electron chi connectivity index (χ2n) is 8.44. The minimum absolute atomic E-state index is 0.0104. The number of amides is 3. The number of rotatable bonds is 7. The van der Waals surface area contributed by atoms with E-state index in [1.165, 1.54) is 16.9 Å². The Balaban J connectivity index is 1.49. The van der Waals surface area contributed by atoms with Gasteiger partial charge in [0.15, 0.2) is 0 Å². The van der Waals surface area contributed by atoms with Gasteiger partial charge in [0, 0.05) is 39.8 Å². The van der Waals surface area contributed by atoms with E-state index in [1.807, 2.05) is 12.1 Å². The van der Waals surface area contributed by atoms with Crippen LogP contribution < -0.4 is 14.4 Å². The van der Waals surface area contributed by atoms with Gasteiger partial charge in [0.05, 0.1) is 19.8 Å². The van der Waals surface area contributed by atoms with E-state index in [2.05, 4.69) is 15.9 Å². The molecule has 0 spiro atoms. The maximum atomic E-state index is 13.7. The number of halogens is 1. The van der Waals surface area contributed by atoms with Gasteiger partial charge in [0.1, 0.15) is 11.5 Å². The van der Waals surface area contributed by atoms with Crippen molar-refractivity contribution in [3.05, 3.63) is 100 Å². The van der Waals surface area contributed by atoms with E-state index < -0.39 is 0 Å². The molecule has 0 N–H and O–H groups in total. The van der Waals surface area contributed by atoms with Crippen LogP contribution in [0.4, 0.5) is 5.69 Å². The number of anilines is 1. The minimum atomic E-state index is -0.388. The van der Waals surface area contributed by atoms with Crippen LogP contribution in [0.2, 0.25) is 0 Å². The van der Waals surface area contributed by atoms with Crippen molar-refractivity contribution in [1.29, 1.82) is 0 Å². The van der Waals surface area contributed by atoms with Gasteiger partial charge in [-0.3, -0.25) is 19.3 Å². The molecule has 0 bridgehead atoms. The van der Waals surface area contributed by atoms with Gasteiger partial charge in [-0.15, -0.1) is 0 Å². The van der Waals surface area contributed by atoms with Crippen molar-refractivity contribution in [3.8, 4) is 11.5 Å². The van der Waals surface area contributed by atoms with Gasteiger partial charge in [-0.05, 0) is 60.0 Å². The zero-order valence-corrected chi connectivity index (χ0v) is 21.8. The Morgan fingerprint density at radius 3 is 2.24 bits per heavy atom. The molecule has 5 rings (SSSR count). The van der Waals surface area contributed by atoms with Crippen molar-refractivity contribution < 1.29 is 23.9 Å². The fourth-order valence-electron chi connectivity index (χ4n) is 4.59. The predicted octanol–water partition coefficient (Wildman–Crippen LogP) is 5.56. The molecule has 1 heterocycles. The van der Waals surface area contributed by atoms with Gasteiger partial charge < -0.3 is 14.4 Å². The van der Waals surface area contributed by atoms with Crippen LogP contribution in [0.5, 0.6) is 11.5 Å². The number of hydrogen-bond donors (Lipinski definition) is 0. The van der Waals surface area contributed by atoms with Gasteiger partial charge in [0.2, 0.25) is 0 Å². The van der Waals surface area contributed by atoms with E-state index in [4.69, 9.17) is 9.47 Å². The van der Waals surface area contributed by atoms with E-state index in [1.54, 1.807) is 73.8 Å². The number of methoxy groups -OCH3 is 2. The molecule has 1 aliphatic heterocycles. The highest BCUT2D eigenvalue weighted by atomic mass is 79.9. The molecule has 0 aromatic heterocycles. The highest BCUT2D eigenvalue weighted by Gasteiger charge is 2.34. The summed E-state index contributed by atoms with van der Waals surface area (Å²) < 4.78 is 11.5. The quantitative estimate of drug-likeness (QED) is 0.277. The van der Waals surface area contributed by atoms with Crippen molar-refractivity contribution in [2.24, 2.45) is 0 Å². The van der Waals surface area contributed by atoms with Gasteiger partial charge in [-0.25, -0.2) is 0 Å². The third kappa shape index (κ3) is 4.34. The van der Waals surface area contributed by atoms with Crippen molar-refractivity contribution in [2.75, 3.05) is 32.2 Å². The zero-order chi connectivity index (χ0) is 26.1. The van der Waals surface area contributed by atoms with Crippen LogP contribution in [0, 0.1) is 0 Å². The largest absolute Gasteiger partial charge is 0.497 e. The number of carbonyl (C=O) groups excluding carboxylic acids is 3. The van der Waals surface area contributed by atoms with E-state index in [0.717, 1.165) is 9.86 Å². The summed E-state index contributed by atoms with van der Waals surface area (Å²) in [5.74, 6) is -0.0137. The van der Waals surface area contributed by atoms with Crippen LogP contribution in [0.3, 0.4) is 0 Å². The molecule has 0 radical (unpaired) electrons. The van der Waals surface area contributed by atoms with Crippen LogP contribution in [0.25, 0.3) is 10.8 Å². The second kappa shape index (κ2) is 10.1. The molecule has 4 aromatic carbocycles. The standard InChI is InChI=1S/C29H23BrN2O5/c1-36-19-12-10-18(11-13-19)31(27(33)21-6-3-4-9-25(21)37-2)16-17-32-28(34)22-8-5-7-20-24(30)15-14-23(26(20)22)29(32)35/h3-15H,16-17H2,1-2H3. The molecule has 186 valence electrons. The molecule has 0 saturated carbocycles. The molecular weight excluding hydrogens is 536 g/mol. The van der Waals surface area contributed by atoms with Crippen LogP contribution in [0.1, 0.15) is 31.1 Å². The molecule has 4 aromatic rings. The third-order valence-corrected chi connectivity index (χ3v) is 7.14. The molecule has 0 aliphatic carbocycles. The van der Waals surface area contributed by atoms with Crippen molar-refractivity contribution in [1.82, 2.24) is 4.90 Å².